The van der Waals surface area contributed by atoms with Crippen LogP contribution >= 0.6 is 11.6 Å². The topological polar surface area (TPSA) is 21.3 Å². The zero-order valence-electron chi connectivity index (χ0n) is 8.89. The van der Waals surface area contributed by atoms with Gasteiger partial charge in [-0.25, -0.2) is 4.39 Å². The van der Waals surface area contributed by atoms with E-state index < -0.39 is 5.82 Å². The maximum Gasteiger partial charge on any atom is 0.142 e. The Balaban J connectivity index is 2.78. The second-order valence-corrected chi connectivity index (χ2v) is 3.58. The highest BCUT2D eigenvalue weighted by atomic mass is 35.5. The predicted octanol–water partition coefficient (Wildman–Crippen LogP) is 2.78. The number of hydrogen-bond donors (Lipinski definition) is 1. The molecular weight excluding hydrogens is 217 g/mol. The fourth-order valence-corrected chi connectivity index (χ4v) is 1.43. The summed E-state index contributed by atoms with van der Waals surface area (Å²) in [6.45, 7) is 3.09. The molecule has 0 saturated carbocycles. The maximum absolute atomic E-state index is 13.2. The van der Waals surface area contributed by atoms with Gasteiger partial charge in [-0.3, -0.25) is 0 Å². The minimum Gasteiger partial charge on any atom is -0.380 e. The predicted molar refractivity (Wildman–Crippen MR) is 59.7 cm³/mol. The number of ether oxygens (including phenoxy) is 1. The average molecular weight is 232 g/mol. The molecule has 0 aromatic heterocycles. The molecule has 0 fully saturated rings. The molecule has 1 N–H and O–H groups in total. The van der Waals surface area contributed by atoms with Crippen LogP contribution in [0, 0.1) is 5.82 Å². The van der Waals surface area contributed by atoms with Crippen LogP contribution in [0.2, 0.25) is 5.02 Å². The SMILES string of the molecule is CCOCC(NC)c1ccc(Cl)c(F)c1. The molecule has 0 heterocycles. The average Bonchev–Trinajstić information content (AvgIpc) is 2.24. The van der Waals surface area contributed by atoms with Crippen molar-refractivity contribution in [1.82, 2.24) is 5.32 Å². The Kier molecular flexibility index (Phi) is 5.02. The van der Waals surface area contributed by atoms with Gasteiger partial charge in [-0.05, 0) is 31.7 Å². The molecule has 0 radical (unpaired) electrons. The second-order valence-electron chi connectivity index (χ2n) is 3.17. The fourth-order valence-electron chi connectivity index (χ4n) is 1.31. The number of likely N-dealkylation sites (N-methyl/N-ethyl adjacent to an activating group) is 1. The standard InChI is InChI=1S/C11H15ClFNO/c1-3-15-7-11(14-2)8-4-5-9(12)10(13)6-8/h4-6,11,14H,3,7H2,1-2H3. The van der Waals surface area contributed by atoms with E-state index in [9.17, 15) is 4.39 Å². The summed E-state index contributed by atoms with van der Waals surface area (Å²) in [5.74, 6) is -0.397. The number of rotatable bonds is 5. The van der Waals surface area contributed by atoms with Crippen molar-refractivity contribution in [2.45, 2.75) is 13.0 Å². The molecule has 0 aliphatic heterocycles. The van der Waals surface area contributed by atoms with Gasteiger partial charge in [-0.15, -0.1) is 0 Å². The lowest BCUT2D eigenvalue weighted by atomic mass is 10.1. The summed E-state index contributed by atoms with van der Waals surface area (Å²) >= 11 is 5.61. The summed E-state index contributed by atoms with van der Waals surface area (Å²) in [6, 6.07) is 4.79. The van der Waals surface area contributed by atoms with Gasteiger partial charge in [0, 0.05) is 6.61 Å². The van der Waals surface area contributed by atoms with Crippen molar-refractivity contribution < 1.29 is 9.13 Å². The second kappa shape index (κ2) is 6.05. The smallest absolute Gasteiger partial charge is 0.142 e. The van der Waals surface area contributed by atoms with Gasteiger partial charge in [-0.2, -0.15) is 0 Å². The number of halogens is 2. The molecule has 0 amide bonds. The largest absolute Gasteiger partial charge is 0.380 e. The highest BCUT2D eigenvalue weighted by Gasteiger charge is 2.11. The van der Waals surface area contributed by atoms with E-state index in [1.54, 1.807) is 12.1 Å². The van der Waals surface area contributed by atoms with Crippen molar-refractivity contribution >= 4 is 11.6 Å². The normalized spacial score (nSPS) is 12.8. The highest BCUT2D eigenvalue weighted by molar-refractivity contribution is 6.30. The molecule has 0 saturated heterocycles. The Bertz CT molecular complexity index is 319. The van der Waals surface area contributed by atoms with Gasteiger partial charge in [0.2, 0.25) is 0 Å². The Labute approximate surface area is 94.4 Å². The first-order chi connectivity index (χ1) is 7.19. The van der Waals surface area contributed by atoms with Gasteiger partial charge in [0.25, 0.3) is 0 Å². The summed E-state index contributed by atoms with van der Waals surface area (Å²) in [5.41, 5.74) is 0.841. The molecule has 0 aliphatic rings. The van der Waals surface area contributed by atoms with Crippen LogP contribution in [0.25, 0.3) is 0 Å². The van der Waals surface area contributed by atoms with E-state index in [1.165, 1.54) is 6.07 Å². The molecular formula is C11H15ClFNO. The van der Waals surface area contributed by atoms with E-state index in [0.717, 1.165) is 5.56 Å². The molecule has 4 heteroatoms. The van der Waals surface area contributed by atoms with Gasteiger partial charge in [0.15, 0.2) is 0 Å². The van der Waals surface area contributed by atoms with Crippen molar-refractivity contribution in [3.8, 4) is 0 Å². The number of benzene rings is 1. The molecule has 0 spiro atoms. The van der Waals surface area contributed by atoms with Crippen LogP contribution in [-0.4, -0.2) is 20.3 Å². The molecule has 0 bridgehead atoms. The van der Waals surface area contributed by atoms with Crippen LogP contribution in [0.1, 0.15) is 18.5 Å². The van der Waals surface area contributed by atoms with Crippen molar-refractivity contribution in [1.29, 1.82) is 0 Å². The minimum absolute atomic E-state index is 0.00304. The van der Waals surface area contributed by atoms with Crippen molar-refractivity contribution in [3.05, 3.63) is 34.6 Å². The molecule has 1 aromatic rings. The van der Waals surface area contributed by atoms with E-state index in [1.807, 2.05) is 14.0 Å². The minimum atomic E-state index is -0.397. The summed E-state index contributed by atoms with van der Waals surface area (Å²) in [6.07, 6.45) is 0. The summed E-state index contributed by atoms with van der Waals surface area (Å²) in [5, 5.41) is 3.21. The van der Waals surface area contributed by atoms with Crippen molar-refractivity contribution in [2.24, 2.45) is 0 Å². The molecule has 0 aliphatic carbocycles. The van der Waals surface area contributed by atoms with E-state index in [-0.39, 0.29) is 11.1 Å². The summed E-state index contributed by atoms with van der Waals surface area (Å²) in [7, 11) is 1.82. The fraction of sp³-hybridized carbons (Fsp3) is 0.455. The van der Waals surface area contributed by atoms with E-state index in [2.05, 4.69) is 5.32 Å². The van der Waals surface area contributed by atoms with E-state index in [4.69, 9.17) is 16.3 Å². The monoisotopic (exact) mass is 231 g/mol. The van der Waals surface area contributed by atoms with Gasteiger partial charge in [0.05, 0.1) is 17.7 Å². The molecule has 15 heavy (non-hydrogen) atoms. The van der Waals surface area contributed by atoms with Crippen LogP contribution in [0.5, 0.6) is 0 Å². The van der Waals surface area contributed by atoms with Crippen molar-refractivity contribution in [3.63, 3.8) is 0 Å². The third kappa shape index (κ3) is 3.45. The molecule has 1 atom stereocenters. The maximum atomic E-state index is 13.2. The zero-order valence-corrected chi connectivity index (χ0v) is 9.64. The number of hydrogen-bond acceptors (Lipinski definition) is 2. The summed E-state index contributed by atoms with van der Waals surface area (Å²) in [4.78, 5) is 0. The lowest BCUT2D eigenvalue weighted by Gasteiger charge is -2.16. The number of nitrogens with one attached hydrogen (secondary N) is 1. The lowest BCUT2D eigenvalue weighted by molar-refractivity contribution is 0.125. The first-order valence-corrected chi connectivity index (χ1v) is 5.26. The van der Waals surface area contributed by atoms with Crippen LogP contribution < -0.4 is 5.32 Å². The van der Waals surface area contributed by atoms with Crippen LogP contribution in [0.4, 0.5) is 4.39 Å². The Morgan fingerprint density at radius 1 is 1.53 bits per heavy atom. The molecule has 2 nitrogen and oxygen atoms in total. The molecule has 1 unspecified atom stereocenters. The molecule has 84 valence electrons. The first kappa shape index (κ1) is 12.4. The third-order valence-corrected chi connectivity index (χ3v) is 2.49. The van der Waals surface area contributed by atoms with Crippen LogP contribution in [0.3, 0.4) is 0 Å². The molecule has 1 aromatic carbocycles. The van der Waals surface area contributed by atoms with E-state index in [0.29, 0.717) is 13.2 Å². The van der Waals surface area contributed by atoms with E-state index >= 15 is 0 Å². The Morgan fingerprint density at radius 2 is 2.27 bits per heavy atom. The van der Waals surface area contributed by atoms with Gasteiger partial charge in [-0.1, -0.05) is 17.7 Å². The van der Waals surface area contributed by atoms with Gasteiger partial charge < -0.3 is 10.1 Å². The van der Waals surface area contributed by atoms with Gasteiger partial charge >= 0.3 is 0 Å². The Hall–Kier alpha value is -0.640. The van der Waals surface area contributed by atoms with Crippen LogP contribution in [-0.2, 0) is 4.74 Å². The summed E-state index contributed by atoms with van der Waals surface area (Å²) < 4.78 is 18.5. The lowest BCUT2D eigenvalue weighted by Crippen LogP contribution is -2.21. The first-order valence-electron chi connectivity index (χ1n) is 4.89. The zero-order chi connectivity index (χ0) is 11.3. The highest BCUT2D eigenvalue weighted by Crippen LogP contribution is 2.20. The van der Waals surface area contributed by atoms with Gasteiger partial charge in [0.1, 0.15) is 5.82 Å². The van der Waals surface area contributed by atoms with Crippen LogP contribution in [0.15, 0.2) is 18.2 Å². The third-order valence-electron chi connectivity index (χ3n) is 2.18. The quantitative estimate of drug-likeness (QED) is 0.842. The van der Waals surface area contributed by atoms with Crippen molar-refractivity contribution in [2.75, 3.05) is 20.3 Å². The Morgan fingerprint density at radius 3 is 2.80 bits per heavy atom. The molecule has 1 rings (SSSR count).